The van der Waals surface area contributed by atoms with E-state index in [-0.39, 0.29) is 51.8 Å². The molecular weight excluding hydrogens is 440 g/mol. The Labute approximate surface area is 211 Å². The third kappa shape index (κ3) is 3.22. The molecule has 1 saturated heterocycles. The van der Waals surface area contributed by atoms with Crippen molar-refractivity contribution >= 4 is 11.6 Å². The first-order valence-corrected chi connectivity index (χ1v) is 14.1. The van der Waals surface area contributed by atoms with E-state index in [0.717, 1.165) is 32.1 Å². The highest BCUT2D eigenvalue weighted by atomic mass is 16.5. The summed E-state index contributed by atoms with van der Waals surface area (Å²) in [6.07, 6.45) is 5.35. The number of ketones is 2. The average molecular weight is 489 g/mol. The van der Waals surface area contributed by atoms with Gasteiger partial charge in [-0.05, 0) is 87.4 Å². The van der Waals surface area contributed by atoms with Gasteiger partial charge in [-0.1, -0.05) is 34.6 Å². The van der Waals surface area contributed by atoms with Gasteiger partial charge in [0.15, 0.2) is 0 Å². The Morgan fingerprint density at radius 2 is 1.60 bits per heavy atom. The van der Waals surface area contributed by atoms with Crippen LogP contribution in [0.2, 0.25) is 0 Å². The van der Waals surface area contributed by atoms with E-state index in [0.29, 0.717) is 25.0 Å². The summed E-state index contributed by atoms with van der Waals surface area (Å²) in [6.45, 7) is 16.8. The lowest BCUT2D eigenvalue weighted by Gasteiger charge is -2.69. The van der Waals surface area contributed by atoms with Crippen molar-refractivity contribution in [3.63, 3.8) is 0 Å². The average Bonchev–Trinajstić information content (AvgIpc) is 3.30. The molecule has 0 unspecified atom stereocenters. The summed E-state index contributed by atoms with van der Waals surface area (Å²) in [4.78, 5) is 27.1. The summed E-state index contributed by atoms with van der Waals surface area (Å²) in [7, 11) is 0. The molecule has 4 aliphatic carbocycles. The molecule has 198 valence electrons. The van der Waals surface area contributed by atoms with Gasteiger partial charge in [0.2, 0.25) is 0 Å². The Morgan fingerprint density at radius 1 is 0.943 bits per heavy atom. The lowest BCUT2D eigenvalue weighted by Crippen LogP contribution is -2.68. The normalized spacial score (nSPS) is 53.8. The van der Waals surface area contributed by atoms with Crippen LogP contribution >= 0.6 is 0 Å². The number of carbonyl (C=O) groups is 2. The van der Waals surface area contributed by atoms with Crippen molar-refractivity contribution in [2.75, 3.05) is 0 Å². The van der Waals surface area contributed by atoms with Gasteiger partial charge in [-0.25, -0.2) is 0 Å². The van der Waals surface area contributed by atoms with Gasteiger partial charge in [0.25, 0.3) is 0 Å². The van der Waals surface area contributed by atoms with E-state index in [1.165, 1.54) is 0 Å². The van der Waals surface area contributed by atoms with Crippen LogP contribution < -0.4 is 0 Å². The summed E-state index contributed by atoms with van der Waals surface area (Å²) in [5, 5.41) is 22.3. The van der Waals surface area contributed by atoms with E-state index in [9.17, 15) is 19.8 Å². The number of carbonyl (C=O) groups excluding carboxylic acids is 2. The van der Waals surface area contributed by atoms with Crippen LogP contribution in [0.15, 0.2) is 0 Å². The molecule has 1 aliphatic heterocycles. The van der Waals surface area contributed by atoms with Crippen molar-refractivity contribution in [3.8, 4) is 0 Å². The number of hydrogen-bond acceptors (Lipinski definition) is 5. The third-order valence-corrected chi connectivity index (χ3v) is 12.7. The van der Waals surface area contributed by atoms with Crippen LogP contribution in [0.4, 0.5) is 0 Å². The maximum Gasteiger partial charge on any atom is 0.138 e. The number of hydrogen-bond donors (Lipinski definition) is 2. The first kappa shape index (κ1) is 25.9. The Kier molecular flexibility index (Phi) is 5.47. The molecular formula is C30H48O5. The standard InChI is InChI=1S/C30H48O5/c1-25(2)21(33)10-12-27(5)20-15-18(31)23-17(30(8)14-11-22(35-30)26(3,4)34)9-13-28(23,6)29(20,7)16-19(32)24(25)27/h17,19-20,22-24,32,34H,9-16H2,1-8H3/t17-,19-,20+,22+,23-,24-,27+,28+,29+,30-/m0/s1. The summed E-state index contributed by atoms with van der Waals surface area (Å²) in [5.41, 5.74) is -2.49. The first-order chi connectivity index (χ1) is 15.9. The second kappa shape index (κ2) is 7.41. The number of Topliss-reactive ketones (excluding diaryl/α,β-unsaturated/α-hetero) is 2. The van der Waals surface area contributed by atoms with Gasteiger partial charge in [0.1, 0.15) is 11.6 Å². The van der Waals surface area contributed by atoms with E-state index >= 15 is 0 Å². The minimum atomic E-state index is -0.893. The summed E-state index contributed by atoms with van der Waals surface area (Å²) in [5.74, 6) is 0.729. The van der Waals surface area contributed by atoms with Gasteiger partial charge in [-0.3, -0.25) is 9.59 Å². The maximum absolute atomic E-state index is 14.2. The van der Waals surface area contributed by atoms with E-state index in [1.54, 1.807) is 0 Å². The first-order valence-electron chi connectivity index (χ1n) is 14.1. The predicted molar refractivity (Wildman–Crippen MR) is 135 cm³/mol. The van der Waals surface area contributed by atoms with Crippen LogP contribution in [-0.4, -0.2) is 45.2 Å². The molecule has 2 N–H and O–H groups in total. The zero-order valence-electron chi connectivity index (χ0n) is 23.2. The number of fused-ring (bicyclic) bond motifs is 5. The van der Waals surface area contributed by atoms with Crippen LogP contribution in [-0.2, 0) is 14.3 Å². The van der Waals surface area contributed by atoms with E-state index in [1.807, 2.05) is 27.7 Å². The fraction of sp³-hybridized carbons (Fsp3) is 0.933. The second-order valence-electron chi connectivity index (χ2n) is 15.2. The largest absolute Gasteiger partial charge is 0.393 e. The van der Waals surface area contributed by atoms with Gasteiger partial charge in [-0.2, -0.15) is 0 Å². The predicted octanol–water partition coefficient (Wildman–Crippen LogP) is 5.10. The van der Waals surface area contributed by atoms with E-state index < -0.39 is 22.7 Å². The molecule has 10 atom stereocenters. The highest BCUT2D eigenvalue weighted by molar-refractivity contribution is 5.87. The second-order valence-corrected chi connectivity index (χ2v) is 15.2. The third-order valence-electron chi connectivity index (χ3n) is 12.7. The molecule has 0 aromatic rings. The SMILES string of the molecule is CC(C)(O)[C@H]1CC[C@@](C)([C@H]2CC[C@]3(C)[C@@H]2C(=O)C[C@@H]2[C@@]4(C)CCC(=O)C(C)(C)[C@@H]4[C@@H](O)C[C@]23C)O1. The van der Waals surface area contributed by atoms with Gasteiger partial charge >= 0.3 is 0 Å². The zero-order valence-corrected chi connectivity index (χ0v) is 23.2. The van der Waals surface area contributed by atoms with Crippen molar-refractivity contribution in [2.24, 2.45) is 45.3 Å². The van der Waals surface area contributed by atoms with Crippen molar-refractivity contribution in [3.05, 3.63) is 0 Å². The van der Waals surface area contributed by atoms with Gasteiger partial charge < -0.3 is 14.9 Å². The summed E-state index contributed by atoms with van der Waals surface area (Å²) in [6, 6.07) is 0. The number of ether oxygens (including phenoxy) is 1. The lowest BCUT2D eigenvalue weighted by molar-refractivity contribution is -0.235. The van der Waals surface area contributed by atoms with E-state index in [4.69, 9.17) is 4.74 Å². The number of aliphatic hydroxyl groups is 2. The van der Waals surface area contributed by atoms with Crippen molar-refractivity contribution in [1.29, 1.82) is 0 Å². The Bertz CT molecular complexity index is 934. The molecule has 0 amide bonds. The Hall–Kier alpha value is -0.780. The molecule has 5 nitrogen and oxygen atoms in total. The Morgan fingerprint density at radius 3 is 2.20 bits per heavy atom. The van der Waals surface area contributed by atoms with Crippen LogP contribution in [0.5, 0.6) is 0 Å². The van der Waals surface area contributed by atoms with Gasteiger partial charge in [-0.15, -0.1) is 0 Å². The number of rotatable bonds is 2. The summed E-state index contributed by atoms with van der Waals surface area (Å²) < 4.78 is 6.59. The van der Waals surface area contributed by atoms with Crippen LogP contribution in [0.25, 0.3) is 0 Å². The summed E-state index contributed by atoms with van der Waals surface area (Å²) >= 11 is 0. The topological polar surface area (TPSA) is 83.8 Å². The molecule has 0 bridgehead atoms. The van der Waals surface area contributed by atoms with Gasteiger partial charge in [0, 0.05) is 30.1 Å². The molecule has 5 fully saturated rings. The lowest BCUT2D eigenvalue weighted by atomic mass is 9.35. The zero-order chi connectivity index (χ0) is 26.0. The quantitative estimate of drug-likeness (QED) is 0.565. The van der Waals surface area contributed by atoms with E-state index in [2.05, 4.69) is 27.7 Å². The molecule has 0 spiro atoms. The van der Waals surface area contributed by atoms with Crippen LogP contribution in [0.1, 0.15) is 107 Å². The van der Waals surface area contributed by atoms with Crippen molar-refractivity contribution < 1.29 is 24.5 Å². The fourth-order valence-electron chi connectivity index (χ4n) is 10.7. The number of aliphatic hydroxyl groups excluding tert-OH is 1. The minimum absolute atomic E-state index is 0.0834. The molecule has 35 heavy (non-hydrogen) atoms. The molecule has 0 aromatic carbocycles. The van der Waals surface area contributed by atoms with Crippen molar-refractivity contribution in [1.82, 2.24) is 0 Å². The highest BCUT2D eigenvalue weighted by Crippen LogP contribution is 2.75. The molecule has 0 radical (unpaired) electrons. The molecule has 5 rings (SSSR count). The van der Waals surface area contributed by atoms with Gasteiger partial charge in [0.05, 0.1) is 23.4 Å². The monoisotopic (exact) mass is 488 g/mol. The minimum Gasteiger partial charge on any atom is -0.393 e. The molecule has 4 saturated carbocycles. The maximum atomic E-state index is 14.2. The Balaban J connectivity index is 1.52. The fourth-order valence-corrected chi connectivity index (χ4v) is 10.7. The molecule has 5 aliphatic rings. The van der Waals surface area contributed by atoms with Crippen LogP contribution in [0, 0.1) is 45.3 Å². The molecule has 5 heteroatoms. The molecule has 0 aromatic heterocycles. The van der Waals surface area contributed by atoms with Crippen molar-refractivity contribution in [2.45, 2.75) is 130 Å². The highest BCUT2D eigenvalue weighted by Gasteiger charge is 2.73. The molecule has 1 heterocycles. The van der Waals surface area contributed by atoms with Crippen LogP contribution in [0.3, 0.4) is 0 Å². The smallest absolute Gasteiger partial charge is 0.138 e.